The fraction of sp³-hybridized carbons (Fsp3) is 0. The van der Waals surface area contributed by atoms with E-state index in [0.29, 0.717) is 5.82 Å². The normalized spacial score (nSPS) is 10.1. The minimum atomic E-state index is 0.612. The first kappa shape index (κ1) is 12.3. The fourth-order valence-corrected chi connectivity index (χ4v) is 2.04. The third-order valence-electron chi connectivity index (χ3n) is 2.12. The Morgan fingerprint density at radius 1 is 1.12 bits per heavy atom. The molecule has 0 aliphatic rings. The molecule has 0 radical (unpaired) electrons. The molecule has 0 spiro atoms. The summed E-state index contributed by atoms with van der Waals surface area (Å²) in [7, 11) is 0. The van der Waals surface area contributed by atoms with Gasteiger partial charge in [0, 0.05) is 26.9 Å². The quantitative estimate of drug-likeness (QED) is 0.579. The number of nitrogens with one attached hydrogen (secondary N) is 2. The SMILES string of the molecule is NNc1cc(Nc2cc(Br)ccc2Br)ccn1. The molecule has 6 heteroatoms. The van der Waals surface area contributed by atoms with E-state index in [4.69, 9.17) is 5.84 Å². The predicted molar refractivity (Wildman–Crippen MR) is 77.2 cm³/mol. The van der Waals surface area contributed by atoms with Crippen LogP contribution in [0.15, 0.2) is 45.5 Å². The molecular weight excluding hydrogens is 348 g/mol. The summed E-state index contributed by atoms with van der Waals surface area (Å²) in [4.78, 5) is 4.04. The zero-order chi connectivity index (χ0) is 12.3. The van der Waals surface area contributed by atoms with E-state index in [1.54, 1.807) is 6.20 Å². The number of rotatable bonds is 3. The molecule has 0 aliphatic carbocycles. The van der Waals surface area contributed by atoms with Gasteiger partial charge in [-0.15, -0.1) is 0 Å². The summed E-state index contributed by atoms with van der Waals surface area (Å²) in [5, 5.41) is 3.28. The van der Waals surface area contributed by atoms with Gasteiger partial charge in [-0.3, -0.25) is 0 Å². The molecule has 0 fully saturated rings. The molecule has 0 aliphatic heterocycles. The highest BCUT2D eigenvalue weighted by atomic mass is 79.9. The van der Waals surface area contributed by atoms with Crippen molar-refractivity contribution in [3.05, 3.63) is 45.5 Å². The summed E-state index contributed by atoms with van der Waals surface area (Å²) < 4.78 is 1.99. The first-order valence-corrected chi connectivity index (χ1v) is 6.42. The summed E-state index contributed by atoms with van der Waals surface area (Å²) in [6.45, 7) is 0. The first-order valence-electron chi connectivity index (χ1n) is 4.84. The number of hydrazine groups is 1. The standard InChI is InChI=1S/C11H10Br2N4/c12-7-1-2-9(13)10(5-7)16-8-3-4-15-11(6-8)17-14/h1-6H,14H2,(H2,15,16,17). The molecule has 0 saturated heterocycles. The molecule has 17 heavy (non-hydrogen) atoms. The van der Waals surface area contributed by atoms with Crippen molar-refractivity contribution in [2.45, 2.75) is 0 Å². The molecule has 2 rings (SSSR count). The van der Waals surface area contributed by atoms with Crippen LogP contribution in [0, 0.1) is 0 Å². The van der Waals surface area contributed by atoms with Crippen LogP contribution in [0.25, 0.3) is 0 Å². The maximum absolute atomic E-state index is 5.31. The maximum atomic E-state index is 5.31. The van der Waals surface area contributed by atoms with E-state index in [1.165, 1.54) is 0 Å². The third-order valence-corrected chi connectivity index (χ3v) is 3.30. The fourth-order valence-electron chi connectivity index (χ4n) is 1.34. The number of pyridine rings is 1. The number of nitrogens with zero attached hydrogens (tertiary/aromatic N) is 1. The van der Waals surface area contributed by atoms with Crippen molar-refractivity contribution in [1.29, 1.82) is 0 Å². The van der Waals surface area contributed by atoms with E-state index in [-0.39, 0.29) is 0 Å². The largest absolute Gasteiger partial charge is 0.354 e. The van der Waals surface area contributed by atoms with Crippen LogP contribution in [0.2, 0.25) is 0 Å². The van der Waals surface area contributed by atoms with Crippen molar-refractivity contribution in [1.82, 2.24) is 4.98 Å². The number of nitrogen functional groups attached to an aromatic ring is 1. The average Bonchev–Trinajstić information content (AvgIpc) is 2.34. The van der Waals surface area contributed by atoms with Crippen LogP contribution >= 0.6 is 31.9 Å². The van der Waals surface area contributed by atoms with Gasteiger partial charge < -0.3 is 10.7 Å². The minimum Gasteiger partial charge on any atom is -0.354 e. The summed E-state index contributed by atoms with van der Waals surface area (Å²) in [5.41, 5.74) is 4.38. The lowest BCUT2D eigenvalue weighted by molar-refractivity contribution is 1.23. The van der Waals surface area contributed by atoms with Crippen LogP contribution in [-0.2, 0) is 0 Å². The Hall–Kier alpha value is -1.11. The molecule has 1 heterocycles. The van der Waals surface area contributed by atoms with Crippen molar-refractivity contribution >= 4 is 49.1 Å². The van der Waals surface area contributed by atoms with Gasteiger partial charge in [0.05, 0.1) is 5.69 Å². The van der Waals surface area contributed by atoms with Gasteiger partial charge in [0.1, 0.15) is 5.82 Å². The molecule has 88 valence electrons. The van der Waals surface area contributed by atoms with Gasteiger partial charge in [0.2, 0.25) is 0 Å². The minimum absolute atomic E-state index is 0.612. The van der Waals surface area contributed by atoms with Crippen molar-refractivity contribution < 1.29 is 0 Å². The number of aromatic nitrogens is 1. The van der Waals surface area contributed by atoms with Gasteiger partial charge in [-0.05, 0) is 40.2 Å². The smallest absolute Gasteiger partial charge is 0.141 e. The highest BCUT2D eigenvalue weighted by Gasteiger charge is 2.02. The summed E-state index contributed by atoms with van der Waals surface area (Å²) in [5.74, 6) is 5.92. The molecule has 4 N–H and O–H groups in total. The van der Waals surface area contributed by atoms with Crippen LogP contribution in [0.4, 0.5) is 17.2 Å². The van der Waals surface area contributed by atoms with E-state index >= 15 is 0 Å². The summed E-state index contributed by atoms with van der Waals surface area (Å²) >= 11 is 6.92. The van der Waals surface area contributed by atoms with Gasteiger partial charge in [0.25, 0.3) is 0 Å². The van der Waals surface area contributed by atoms with Gasteiger partial charge in [-0.25, -0.2) is 10.8 Å². The van der Waals surface area contributed by atoms with Crippen molar-refractivity contribution in [3.8, 4) is 0 Å². The van der Waals surface area contributed by atoms with Crippen LogP contribution in [-0.4, -0.2) is 4.98 Å². The highest BCUT2D eigenvalue weighted by Crippen LogP contribution is 2.29. The van der Waals surface area contributed by atoms with Gasteiger partial charge in [-0.1, -0.05) is 15.9 Å². The second-order valence-electron chi connectivity index (χ2n) is 3.32. The number of halogens is 2. The van der Waals surface area contributed by atoms with Gasteiger partial charge in [0.15, 0.2) is 0 Å². The second-order valence-corrected chi connectivity index (χ2v) is 5.09. The maximum Gasteiger partial charge on any atom is 0.141 e. The molecule has 1 aromatic carbocycles. The van der Waals surface area contributed by atoms with E-state index in [9.17, 15) is 0 Å². The number of hydrogen-bond acceptors (Lipinski definition) is 4. The molecule has 2 aromatic rings. The van der Waals surface area contributed by atoms with Crippen LogP contribution < -0.4 is 16.6 Å². The van der Waals surface area contributed by atoms with Crippen molar-refractivity contribution in [2.75, 3.05) is 10.7 Å². The molecule has 0 saturated carbocycles. The molecule has 0 bridgehead atoms. The molecule has 0 unspecified atom stereocenters. The average molecular weight is 358 g/mol. The Bertz CT molecular complexity index is 531. The lowest BCUT2D eigenvalue weighted by atomic mass is 10.3. The summed E-state index contributed by atoms with van der Waals surface area (Å²) in [6, 6.07) is 9.62. The lowest BCUT2D eigenvalue weighted by Crippen LogP contribution is -2.08. The Morgan fingerprint density at radius 3 is 2.71 bits per heavy atom. The van der Waals surface area contributed by atoms with Crippen LogP contribution in [0.5, 0.6) is 0 Å². The number of benzene rings is 1. The highest BCUT2D eigenvalue weighted by molar-refractivity contribution is 9.11. The first-order chi connectivity index (χ1) is 8.19. The Kier molecular flexibility index (Phi) is 3.98. The lowest BCUT2D eigenvalue weighted by Gasteiger charge is -2.10. The van der Waals surface area contributed by atoms with Gasteiger partial charge >= 0.3 is 0 Å². The van der Waals surface area contributed by atoms with Crippen LogP contribution in [0.1, 0.15) is 0 Å². The van der Waals surface area contributed by atoms with Crippen LogP contribution in [0.3, 0.4) is 0 Å². The van der Waals surface area contributed by atoms with Crippen molar-refractivity contribution in [3.63, 3.8) is 0 Å². The Morgan fingerprint density at radius 2 is 1.94 bits per heavy atom. The van der Waals surface area contributed by atoms with E-state index in [0.717, 1.165) is 20.3 Å². The topological polar surface area (TPSA) is 63.0 Å². The van der Waals surface area contributed by atoms with E-state index < -0.39 is 0 Å². The zero-order valence-corrected chi connectivity index (χ0v) is 11.9. The third kappa shape index (κ3) is 3.18. The molecule has 4 nitrogen and oxygen atoms in total. The molecule has 0 amide bonds. The molecule has 1 aromatic heterocycles. The Balaban J connectivity index is 2.27. The van der Waals surface area contributed by atoms with E-state index in [1.807, 2.05) is 30.3 Å². The van der Waals surface area contributed by atoms with Gasteiger partial charge in [-0.2, -0.15) is 0 Å². The van der Waals surface area contributed by atoms with E-state index in [2.05, 4.69) is 47.6 Å². The Labute approximate surface area is 116 Å². The monoisotopic (exact) mass is 356 g/mol. The zero-order valence-electron chi connectivity index (χ0n) is 8.74. The predicted octanol–water partition coefficient (Wildman–Crippen LogP) is 3.64. The summed E-state index contributed by atoms with van der Waals surface area (Å²) in [6.07, 6.45) is 1.68. The second kappa shape index (κ2) is 5.48. The number of hydrogen-bond donors (Lipinski definition) is 3. The molecular formula is C11H10Br2N4. The van der Waals surface area contributed by atoms with Crippen molar-refractivity contribution in [2.24, 2.45) is 5.84 Å². The molecule has 0 atom stereocenters. The number of anilines is 3. The number of nitrogens with two attached hydrogens (primary N) is 1.